The number of aryl methyl sites for hydroxylation is 1. The molecular weight excluding hydrogens is 237 g/mol. The molecule has 0 saturated carbocycles. The topological polar surface area (TPSA) is 74.2 Å². The van der Waals surface area contributed by atoms with Crippen LogP contribution in [0.5, 0.6) is 5.88 Å². The maximum Gasteiger partial charge on any atom is 0.250 e. The number of hydrogen-bond donors (Lipinski definition) is 1. The maximum atomic E-state index is 14.1. The van der Waals surface area contributed by atoms with Crippen LogP contribution in [0.2, 0.25) is 0 Å². The Kier molecular flexibility index (Phi) is 3.57. The van der Waals surface area contributed by atoms with Crippen molar-refractivity contribution in [2.45, 2.75) is 19.9 Å². The number of aromatic nitrogens is 2. The number of ether oxygens (including phenoxy) is 1. The number of rotatable bonds is 4. The molecule has 96 valence electrons. The van der Waals surface area contributed by atoms with Gasteiger partial charge in [0.2, 0.25) is 0 Å². The van der Waals surface area contributed by atoms with Crippen molar-refractivity contribution in [2.24, 2.45) is 5.73 Å². The van der Waals surface area contributed by atoms with Gasteiger partial charge in [0.05, 0.1) is 12.6 Å². The fourth-order valence-electron chi connectivity index (χ4n) is 1.60. The predicted molar refractivity (Wildman–Crippen MR) is 62.6 cm³/mol. The van der Waals surface area contributed by atoms with Gasteiger partial charge in [-0.2, -0.15) is 0 Å². The molecule has 0 bridgehead atoms. The van der Waals surface area contributed by atoms with Gasteiger partial charge in [0.1, 0.15) is 12.0 Å². The lowest BCUT2D eigenvalue weighted by atomic mass is 10.1. The molecule has 0 aromatic carbocycles. The molecule has 0 spiro atoms. The Hall–Kier alpha value is -1.95. The molecular formula is C12H14FN3O2. The molecule has 1 atom stereocenters. The molecule has 2 heterocycles. The first-order chi connectivity index (χ1) is 8.63. The summed E-state index contributed by atoms with van der Waals surface area (Å²) in [6, 6.07) is 0.802. The zero-order valence-corrected chi connectivity index (χ0v) is 10.2. The molecule has 0 radical (unpaired) electrons. The monoisotopic (exact) mass is 251 g/mol. The van der Waals surface area contributed by atoms with Gasteiger partial charge in [0.15, 0.2) is 11.7 Å². The summed E-state index contributed by atoms with van der Waals surface area (Å²) in [5, 5.41) is 0. The average molecular weight is 251 g/mol. The van der Waals surface area contributed by atoms with Crippen molar-refractivity contribution in [2.75, 3.05) is 6.61 Å². The van der Waals surface area contributed by atoms with Crippen molar-refractivity contribution in [1.29, 1.82) is 0 Å². The first kappa shape index (κ1) is 12.5. The molecule has 2 aromatic heterocycles. The van der Waals surface area contributed by atoms with Crippen molar-refractivity contribution < 1.29 is 13.5 Å². The number of nitrogens with zero attached hydrogens (tertiary/aromatic N) is 2. The molecule has 2 rings (SSSR count). The Labute approximate surface area is 104 Å². The van der Waals surface area contributed by atoms with E-state index in [0.717, 1.165) is 0 Å². The van der Waals surface area contributed by atoms with Gasteiger partial charge in [0.25, 0.3) is 5.88 Å². The Balaban J connectivity index is 2.35. The molecule has 0 aliphatic rings. The molecule has 0 fully saturated rings. The van der Waals surface area contributed by atoms with Crippen LogP contribution in [-0.4, -0.2) is 16.6 Å². The van der Waals surface area contributed by atoms with Crippen LogP contribution in [0.25, 0.3) is 0 Å². The second-order valence-electron chi connectivity index (χ2n) is 3.72. The summed E-state index contributed by atoms with van der Waals surface area (Å²) in [4.78, 5) is 7.90. The van der Waals surface area contributed by atoms with Gasteiger partial charge in [-0.05, 0) is 13.0 Å². The highest BCUT2D eigenvalue weighted by Gasteiger charge is 2.20. The van der Waals surface area contributed by atoms with E-state index in [4.69, 9.17) is 14.9 Å². The fraction of sp³-hybridized carbons (Fsp3) is 0.333. The lowest BCUT2D eigenvalue weighted by Gasteiger charge is -2.12. The van der Waals surface area contributed by atoms with Crippen molar-refractivity contribution in [3.05, 3.63) is 41.5 Å². The summed E-state index contributed by atoms with van der Waals surface area (Å²) in [6.45, 7) is 3.80. The normalized spacial score (nSPS) is 12.4. The lowest BCUT2D eigenvalue weighted by Crippen LogP contribution is -2.15. The molecule has 1 unspecified atom stereocenters. The first-order valence-corrected chi connectivity index (χ1v) is 5.58. The van der Waals surface area contributed by atoms with Crippen LogP contribution in [0.3, 0.4) is 0 Å². The van der Waals surface area contributed by atoms with Crippen LogP contribution < -0.4 is 10.5 Å². The van der Waals surface area contributed by atoms with E-state index in [0.29, 0.717) is 18.2 Å². The minimum atomic E-state index is -0.704. The summed E-state index contributed by atoms with van der Waals surface area (Å²) in [7, 11) is 0. The largest absolute Gasteiger partial charge is 0.476 e. The van der Waals surface area contributed by atoms with E-state index in [1.165, 1.54) is 18.5 Å². The Morgan fingerprint density at radius 3 is 2.94 bits per heavy atom. The smallest absolute Gasteiger partial charge is 0.250 e. The summed E-state index contributed by atoms with van der Waals surface area (Å²) in [6.07, 6.45) is 2.87. The summed E-state index contributed by atoms with van der Waals surface area (Å²) in [5.41, 5.74) is 6.70. The van der Waals surface area contributed by atoms with Gasteiger partial charge in [0, 0.05) is 18.7 Å². The van der Waals surface area contributed by atoms with E-state index >= 15 is 0 Å². The quantitative estimate of drug-likeness (QED) is 0.899. The number of pyridine rings is 1. The summed E-state index contributed by atoms with van der Waals surface area (Å²) in [5.74, 6) is -0.127. The van der Waals surface area contributed by atoms with Crippen molar-refractivity contribution >= 4 is 0 Å². The van der Waals surface area contributed by atoms with Crippen LogP contribution in [0, 0.1) is 12.7 Å². The highest BCUT2D eigenvalue weighted by Crippen LogP contribution is 2.25. The Morgan fingerprint density at radius 2 is 2.33 bits per heavy atom. The van der Waals surface area contributed by atoms with Crippen LogP contribution in [0.1, 0.15) is 30.1 Å². The molecule has 2 aromatic rings. The zero-order chi connectivity index (χ0) is 13.1. The first-order valence-electron chi connectivity index (χ1n) is 5.58. The third-order valence-electron chi connectivity index (χ3n) is 2.46. The third kappa shape index (κ3) is 2.33. The van der Waals surface area contributed by atoms with Crippen LogP contribution in [0.15, 0.2) is 22.9 Å². The molecule has 0 saturated heterocycles. The Morgan fingerprint density at radius 1 is 1.56 bits per heavy atom. The summed E-state index contributed by atoms with van der Waals surface area (Å²) >= 11 is 0. The third-order valence-corrected chi connectivity index (χ3v) is 2.46. The number of nitrogens with two attached hydrogens (primary N) is 1. The molecule has 0 aliphatic carbocycles. The van der Waals surface area contributed by atoms with Gasteiger partial charge in [-0.15, -0.1) is 0 Å². The maximum absolute atomic E-state index is 14.1. The second-order valence-corrected chi connectivity index (χ2v) is 3.72. The average Bonchev–Trinajstić information content (AvgIpc) is 2.78. The highest BCUT2D eigenvalue weighted by atomic mass is 19.1. The van der Waals surface area contributed by atoms with E-state index in [1.807, 2.05) is 0 Å². The van der Waals surface area contributed by atoms with Crippen molar-refractivity contribution in [1.82, 2.24) is 9.97 Å². The molecule has 0 amide bonds. The van der Waals surface area contributed by atoms with Gasteiger partial charge in [-0.1, -0.05) is 0 Å². The van der Waals surface area contributed by atoms with E-state index in [-0.39, 0.29) is 11.4 Å². The summed E-state index contributed by atoms with van der Waals surface area (Å²) < 4.78 is 24.2. The highest BCUT2D eigenvalue weighted by molar-refractivity contribution is 5.31. The second kappa shape index (κ2) is 5.14. The minimum absolute atomic E-state index is 0.0503. The Bertz CT molecular complexity index is 542. The zero-order valence-electron chi connectivity index (χ0n) is 10.2. The SMILES string of the molecule is CCOc1nccc(C(N)c2coc(C)n2)c1F. The fourth-order valence-corrected chi connectivity index (χ4v) is 1.60. The molecule has 5 nitrogen and oxygen atoms in total. The minimum Gasteiger partial charge on any atom is -0.476 e. The van der Waals surface area contributed by atoms with Gasteiger partial charge in [-0.25, -0.2) is 14.4 Å². The predicted octanol–water partition coefficient (Wildman–Crippen LogP) is 1.96. The lowest BCUT2D eigenvalue weighted by molar-refractivity contribution is 0.305. The van der Waals surface area contributed by atoms with E-state index < -0.39 is 11.9 Å². The van der Waals surface area contributed by atoms with Crippen molar-refractivity contribution in [3.8, 4) is 5.88 Å². The molecule has 6 heteroatoms. The van der Waals surface area contributed by atoms with E-state index in [2.05, 4.69) is 9.97 Å². The van der Waals surface area contributed by atoms with Crippen LogP contribution in [0.4, 0.5) is 4.39 Å². The molecule has 0 aliphatic heterocycles. The van der Waals surface area contributed by atoms with Gasteiger partial charge >= 0.3 is 0 Å². The molecule has 18 heavy (non-hydrogen) atoms. The number of hydrogen-bond acceptors (Lipinski definition) is 5. The van der Waals surface area contributed by atoms with Gasteiger partial charge in [-0.3, -0.25) is 0 Å². The van der Waals surface area contributed by atoms with Gasteiger partial charge < -0.3 is 14.9 Å². The number of halogens is 1. The van der Waals surface area contributed by atoms with E-state index in [9.17, 15) is 4.39 Å². The standard InChI is InChI=1S/C12H14FN3O2/c1-3-17-12-10(13)8(4-5-15-12)11(14)9-6-18-7(2)16-9/h4-6,11H,3,14H2,1-2H3. The van der Waals surface area contributed by atoms with E-state index in [1.54, 1.807) is 13.8 Å². The van der Waals surface area contributed by atoms with Crippen LogP contribution >= 0.6 is 0 Å². The van der Waals surface area contributed by atoms with Crippen LogP contribution in [-0.2, 0) is 0 Å². The number of oxazole rings is 1. The molecule has 2 N–H and O–H groups in total. The van der Waals surface area contributed by atoms with Crippen molar-refractivity contribution in [3.63, 3.8) is 0 Å².